The van der Waals surface area contributed by atoms with Crippen LogP contribution in [0.3, 0.4) is 0 Å². The van der Waals surface area contributed by atoms with Crippen LogP contribution in [0.1, 0.15) is 28.4 Å². The van der Waals surface area contributed by atoms with Gasteiger partial charge in [-0.1, -0.05) is 54.6 Å². The molecule has 8 heteroatoms. The van der Waals surface area contributed by atoms with Crippen LogP contribution < -0.4 is 9.47 Å². The molecule has 0 aliphatic carbocycles. The number of amides is 2. The molecule has 0 saturated carbocycles. The van der Waals surface area contributed by atoms with Crippen molar-refractivity contribution in [3.8, 4) is 11.5 Å². The van der Waals surface area contributed by atoms with E-state index in [2.05, 4.69) is 15.9 Å². The van der Waals surface area contributed by atoms with E-state index in [0.29, 0.717) is 32.9 Å². The number of rotatable bonds is 7. The van der Waals surface area contributed by atoms with Gasteiger partial charge < -0.3 is 9.47 Å². The van der Waals surface area contributed by atoms with Crippen molar-refractivity contribution in [1.82, 2.24) is 4.90 Å². The van der Waals surface area contributed by atoms with Gasteiger partial charge in [0, 0.05) is 0 Å². The van der Waals surface area contributed by atoms with Gasteiger partial charge in [0.25, 0.3) is 11.1 Å². The molecule has 1 aliphatic rings. The van der Waals surface area contributed by atoms with Crippen LogP contribution in [0.15, 0.2) is 94.3 Å². The zero-order chi connectivity index (χ0) is 26.6. The molecule has 0 atom stereocenters. The van der Waals surface area contributed by atoms with Crippen LogP contribution in [-0.2, 0) is 11.3 Å². The van der Waals surface area contributed by atoms with Crippen molar-refractivity contribution >= 4 is 61.7 Å². The minimum Gasteiger partial charge on any atom is -0.490 e. The molecule has 0 bridgehead atoms. The summed E-state index contributed by atoms with van der Waals surface area (Å²) in [4.78, 5) is 40.1. The number of thioether (sulfide) groups is 1. The summed E-state index contributed by atoms with van der Waals surface area (Å²) in [6.45, 7) is 2.35. The number of benzene rings is 4. The fraction of sp³-hybridized carbons (Fsp3) is 0.100. The number of fused-ring (bicyclic) bond motifs is 1. The summed E-state index contributed by atoms with van der Waals surface area (Å²) >= 11 is 4.36. The third-order valence-corrected chi connectivity index (χ3v) is 7.36. The number of carbonyl (C=O) groups is 3. The normalized spacial score (nSPS) is 14.4. The fourth-order valence-electron chi connectivity index (χ4n) is 4.07. The van der Waals surface area contributed by atoms with Crippen LogP contribution in [0.5, 0.6) is 11.5 Å². The summed E-state index contributed by atoms with van der Waals surface area (Å²) in [5.74, 6) is -0.299. The van der Waals surface area contributed by atoms with Crippen molar-refractivity contribution < 1.29 is 23.9 Å². The van der Waals surface area contributed by atoms with Crippen molar-refractivity contribution in [2.24, 2.45) is 0 Å². The highest BCUT2D eigenvalue weighted by atomic mass is 79.9. The average molecular weight is 588 g/mol. The average Bonchev–Trinajstić information content (AvgIpc) is 3.18. The largest absolute Gasteiger partial charge is 0.490 e. The van der Waals surface area contributed by atoms with Crippen LogP contribution >= 0.6 is 27.7 Å². The van der Waals surface area contributed by atoms with Crippen LogP contribution in [-0.4, -0.2) is 28.6 Å². The molecule has 5 rings (SSSR count). The molecule has 1 aliphatic heterocycles. The Labute approximate surface area is 232 Å². The van der Waals surface area contributed by atoms with Crippen LogP contribution in [0.2, 0.25) is 0 Å². The smallest absolute Gasteiger partial charge is 0.343 e. The van der Waals surface area contributed by atoms with Crippen molar-refractivity contribution in [2.45, 2.75) is 13.5 Å². The molecule has 4 aromatic carbocycles. The maximum Gasteiger partial charge on any atom is 0.343 e. The van der Waals surface area contributed by atoms with Gasteiger partial charge in [0.15, 0.2) is 11.5 Å². The topological polar surface area (TPSA) is 72.9 Å². The number of esters is 1. The van der Waals surface area contributed by atoms with Gasteiger partial charge >= 0.3 is 5.97 Å². The third kappa shape index (κ3) is 5.51. The number of carbonyl (C=O) groups excluding carboxylic acids is 3. The standard InChI is InChI=1S/C30H22BrNO5S/c1-2-36-25-16-20(15-24(31)27(25)37-29(34)22-9-4-3-5-10-22)17-26-28(33)32(30(35)38-26)18-19-12-13-21-8-6-7-11-23(21)14-19/h3-17H,2,18H2,1H3/b26-17-. The van der Waals surface area contributed by atoms with E-state index >= 15 is 0 Å². The molecule has 38 heavy (non-hydrogen) atoms. The summed E-state index contributed by atoms with van der Waals surface area (Å²) in [5.41, 5.74) is 1.90. The number of hydrogen-bond acceptors (Lipinski definition) is 6. The summed E-state index contributed by atoms with van der Waals surface area (Å²) in [7, 11) is 0. The zero-order valence-corrected chi connectivity index (χ0v) is 22.8. The summed E-state index contributed by atoms with van der Waals surface area (Å²) in [6.07, 6.45) is 1.64. The molecule has 0 unspecified atom stereocenters. The van der Waals surface area contributed by atoms with Crippen molar-refractivity contribution in [3.63, 3.8) is 0 Å². The number of nitrogens with zero attached hydrogens (tertiary/aromatic N) is 1. The highest BCUT2D eigenvalue weighted by molar-refractivity contribution is 9.10. The highest BCUT2D eigenvalue weighted by Gasteiger charge is 2.35. The van der Waals surface area contributed by atoms with Gasteiger partial charge in [-0.25, -0.2) is 4.79 Å². The van der Waals surface area contributed by atoms with Crippen molar-refractivity contribution in [3.05, 3.63) is 111 Å². The van der Waals surface area contributed by atoms with E-state index in [9.17, 15) is 14.4 Å². The predicted octanol–water partition coefficient (Wildman–Crippen LogP) is 7.46. The van der Waals surface area contributed by atoms with Gasteiger partial charge in [-0.2, -0.15) is 0 Å². The summed E-state index contributed by atoms with van der Waals surface area (Å²) < 4.78 is 11.8. The van der Waals surface area contributed by atoms with E-state index in [1.165, 1.54) is 4.90 Å². The molecular formula is C30H22BrNO5S. The minimum absolute atomic E-state index is 0.190. The molecule has 0 aromatic heterocycles. The Balaban J connectivity index is 1.38. The first-order chi connectivity index (χ1) is 18.4. The van der Waals surface area contributed by atoms with E-state index in [-0.39, 0.29) is 23.4 Å². The Morgan fingerprint density at radius 1 is 0.947 bits per heavy atom. The SMILES string of the molecule is CCOc1cc(/C=C2\SC(=O)N(Cc3ccc4ccccc4c3)C2=O)cc(Br)c1OC(=O)c1ccccc1. The predicted molar refractivity (Wildman–Crippen MR) is 152 cm³/mol. The third-order valence-electron chi connectivity index (χ3n) is 5.86. The Kier molecular flexibility index (Phi) is 7.62. The quantitative estimate of drug-likeness (QED) is 0.127. The zero-order valence-electron chi connectivity index (χ0n) is 20.3. The van der Waals surface area contributed by atoms with Gasteiger partial charge in [0.1, 0.15) is 0 Å². The number of ether oxygens (including phenoxy) is 2. The molecule has 0 N–H and O–H groups in total. The van der Waals surface area contributed by atoms with E-state index in [1.807, 2.05) is 55.5 Å². The first-order valence-electron chi connectivity index (χ1n) is 11.9. The lowest BCUT2D eigenvalue weighted by Gasteiger charge is -2.14. The molecule has 2 amide bonds. The van der Waals surface area contributed by atoms with E-state index in [1.54, 1.807) is 42.5 Å². The second-order valence-electron chi connectivity index (χ2n) is 8.47. The van der Waals surface area contributed by atoms with Crippen molar-refractivity contribution in [2.75, 3.05) is 6.61 Å². The number of imide groups is 1. The maximum atomic E-state index is 13.2. The summed E-state index contributed by atoms with van der Waals surface area (Å²) in [5, 5.41) is 1.82. The minimum atomic E-state index is -0.519. The molecule has 4 aromatic rings. The van der Waals surface area contributed by atoms with E-state index < -0.39 is 5.97 Å². The van der Waals surface area contributed by atoms with E-state index in [4.69, 9.17) is 9.47 Å². The number of halogens is 1. The highest BCUT2D eigenvalue weighted by Crippen LogP contribution is 2.40. The Bertz CT molecular complexity index is 1580. The van der Waals surface area contributed by atoms with Gasteiger partial charge in [-0.05, 0) is 92.9 Å². The van der Waals surface area contributed by atoms with E-state index in [0.717, 1.165) is 28.1 Å². The lowest BCUT2D eigenvalue weighted by atomic mass is 10.1. The molecule has 1 heterocycles. The molecule has 1 saturated heterocycles. The second-order valence-corrected chi connectivity index (χ2v) is 10.3. The first-order valence-corrected chi connectivity index (χ1v) is 13.5. The fourth-order valence-corrected chi connectivity index (χ4v) is 5.45. The maximum absolute atomic E-state index is 13.2. The second kappa shape index (κ2) is 11.2. The van der Waals surface area contributed by atoms with Crippen LogP contribution in [0.4, 0.5) is 4.79 Å². The molecule has 190 valence electrons. The summed E-state index contributed by atoms with van der Waals surface area (Å²) in [6, 6.07) is 25.9. The first kappa shape index (κ1) is 25.8. The Morgan fingerprint density at radius 2 is 1.68 bits per heavy atom. The Hall–Kier alpha value is -3.88. The lowest BCUT2D eigenvalue weighted by molar-refractivity contribution is -0.123. The number of hydrogen-bond donors (Lipinski definition) is 0. The molecule has 0 spiro atoms. The van der Waals surface area contributed by atoms with Gasteiger partial charge in [0.2, 0.25) is 0 Å². The molecule has 1 fully saturated rings. The Morgan fingerprint density at radius 3 is 2.45 bits per heavy atom. The molecule has 0 radical (unpaired) electrons. The lowest BCUT2D eigenvalue weighted by Crippen LogP contribution is -2.27. The van der Waals surface area contributed by atoms with Crippen LogP contribution in [0, 0.1) is 0 Å². The molecular weight excluding hydrogens is 566 g/mol. The van der Waals surface area contributed by atoms with Gasteiger partial charge in [0.05, 0.1) is 28.1 Å². The van der Waals surface area contributed by atoms with Crippen LogP contribution in [0.25, 0.3) is 16.8 Å². The van der Waals surface area contributed by atoms with Crippen molar-refractivity contribution in [1.29, 1.82) is 0 Å². The van der Waals surface area contributed by atoms with Gasteiger partial charge in [-0.15, -0.1) is 0 Å². The van der Waals surface area contributed by atoms with Gasteiger partial charge in [-0.3, -0.25) is 14.5 Å². The monoisotopic (exact) mass is 587 g/mol. The molecule has 6 nitrogen and oxygen atoms in total.